The van der Waals surface area contributed by atoms with Gasteiger partial charge in [-0.3, -0.25) is 4.68 Å². The van der Waals surface area contributed by atoms with Gasteiger partial charge in [-0.2, -0.15) is 5.10 Å². The van der Waals surface area contributed by atoms with Crippen molar-refractivity contribution in [1.82, 2.24) is 24.6 Å². The molecule has 1 aliphatic rings. The van der Waals surface area contributed by atoms with E-state index in [1.54, 1.807) is 21.7 Å². The third-order valence-electron chi connectivity index (χ3n) is 5.60. The predicted octanol–water partition coefficient (Wildman–Crippen LogP) is 3.93. The van der Waals surface area contributed by atoms with E-state index in [4.69, 9.17) is 14.2 Å². The number of aryl methyl sites for hydroxylation is 1. The Morgan fingerprint density at radius 3 is 2.62 bits per heavy atom. The number of hydrogen-bond acceptors (Lipinski definition) is 7. The minimum Gasteiger partial charge on any atom is -0.490 e. The number of aromatic nitrogens is 4. The summed E-state index contributed by atoms with van der Waals surface area (Å²) in [5.41, 5.74) is 4.03. The lowest BCUT2D eigenvalue weighted by Crippen LogP contribution is -2.42. The van der Waals surface area contributed by atoms with E-state index in [9.17, 15) is 4.79 Å². The molecular formula is C25H25N5O4. The Balaban J connectivity index is 1.61. The Hall–Kier alpha value is -3.98. The van der Waals surface area contributed by atoms with Gasteiger partial charge >= 0.3 is 6.09 Å². The monoisotopic (exact) mass is 459 g/mol. The average Bonchev–Trinajstić information content (AvgIpc) is 3.26. The van der Waals surface area contributed by atoms with Gasteiger partial charge in [-0.05, 0) is 13.0 Å². The number of fused-ring (bicyclic) bond motifs is 1. The van der Waals surface area contributed by atoms with Gasteiger partial charge in [0.2, 0.25) is 0 Å². The van der Waals surface area contributed by atoms with Gasteiger partial charge in [0.05, 0.1) is 31.0 Å². The maximum absolute atomic E-state index is 12.8. The molecule has 0 radical (unpaired) electrons. The van der Waals surface area contributed by atoms with Crippen LogP contribution in [-0.2, 0) is 11.8 Å². The van der Waals surface area contributed by atoms with Crippen LogP contribution in [0.2, 0.25) is 0 Å². The number of benzene rings is 2. The Labute approximate surface area is 196 Å². The van der Waals surface area contributed by atoms with E-state index < -0.39 is 6.09 Å². The largest absolute Gasteiger partial charge is 0.490 e. The SMILES string of the molecule is CCOc1cc2ncnc(-c3cn(C)nc3-c3ccccc3)c2cc1OC(=O)N1CCOCC1. The van der Waals surface area contributed by atoms with Gasteiger partial charge in [0, 0.05) is 48.9 Å². The first kappa shape index (κ1) is 21.8. The molecule has 0 atom stereocenters. The molecular weight excluding hydrogens is 434 g/mol. The molecule has 9 heteroatoms. The minimum atomic E-state index is -0.437. The molecule has 174 valence electrons. The van der Waals surface area contributed by atoms with Gasteiger partial charge in [-0.1, -0.05) is 30.3 Å². The van der Waals surface area contributed by atoms with E-state index >= 15 is 0 Å². The van der Waals surface area contributed by atoms with Crippen LogP contribution in [0.4, 0.5) is 4.79 Å². The van der Waals surface area contributed by atoms with Gasteiger partial charge in [-0.25, -0.2) is 14.8 Å². The highest BCUT2D eigenvalue weighted by Crippen LogP contribution is 2.38. The van der Waals surface area contributed by atoms with Crippen LogP contribution in [0.15, 0.2) is 55.0 Å². The van der Waals surface area contributed by atoms with Gasteiger partial charge in [0.25, 0.3) is 0 Å². The standard InChI is InChI=1S/C25H25N5O4/c1-3-33-21-14-20-18(13-22(21)34-25(31)30-9-11-32-12-10-30)24(27-16-26-20)19-15-29(2)28-23(19)17-7-5-4-6-8-17/h4-8,13-16H,3,9-12H2,1-2H3. The van der Waals surface area contributed by atoms with Gasteiger partial charge in [0.1, 0.15) is 12.0 Å². The van der Waals surface area contributed by atoms with E-state index in [0.717, 1.165) is 22.2 Å². The first-order valence-corrected chi connectivity index (χ1v) is 11.2. The van der Waals surface area contributed by atoms with Crippen molar-refractivity contribution in [2.75, 3.05) is 32.9 Å². The summed E-state index contributed by atoms with van der Waals surface area (Å²) in [5.74, 6) is 0.780. The molecule has 5 rings (SSSR count). The average molecular weight is 460 g/mol. The molecule has 0 N–H and O–H groups in total. The molecule has 0 spiro atoms. The maximum Gasteiger partial charge on any atom is 0.415 e. The van der Waals surface area contributed by atoms with Crippen LogP contribution in [-0.4, -0.2) is 63.7 Å². The molecule has 3 heterocycles. The van der Waals surface area contributed by atoms with Gasteiger partial charge in [-0.15, -0.1) is 0 Å². The Morgan fingerprint density at radius 2 is 1.85 bits per heavy atom. The highest BCUT2D eigenvalue weighted by Gasteiger charge is 2.23. The summed E-state index contributed by atoms with van der Waals surface area (Å²) < 4.78 is 18.7. The van der Waals surface area contributed by atoms with Crippen molar-refractivity contribution >= 4 is 17.0 Å². The van der Waals surface area contributed by atoms with Crippen molar-refractivity contribution < 1.29 is 19.0 Å². The molecule has 2 aromatic heterocycles. The van der Waals surface area contributed by atoms with Crippen LogP contribution in [0, 0.1) is 0 Å². The van der Waals surface area contributed by atoms with Crippen LogP contribution in [0.5, 0.6) is 11.5 Å². The van der Waals surface area contributed by atoms with Gasteiger partial charge < -0.3 is 19.1 Å². The van der Waals surface area contributed by atoms with E-state index in [1.807, 2.05) is 50.5 Å². The lowest BCUT2D eigenvalue weighted by Gasteiger charge is -2.26. The van der Waals surface area contributed by atoms with E-state index in [-0.39, 0.29) is 0 Å². The third kappa shape index (κ3) is 4.29. The van der Waals surface area contributed by atoms with E-state index in [0.29, 0.717) is 55.6 Å². The number of nitrogens with zero attached hydrogens (tertiary/aromatic N) is 5. The fourth-order valence-corrected chi connectivity index (χ4v) is 4.00. The molecule has 0 bridgehead atoms. The highest BCUT2D eigenvalue weighted by molar-refractivity contribution is 5.97. The molecule has 4 aromatic rings. The Morgan fingerprint density at radius 1 is 1.06 bits per heavy atom. The van der Waals surface area contributed by atoms with Crippen molar-refractivity contribution in [2.45, 2.75) is 6.92 Å². The molecule has 1 aliphatic heterocycles. The molecule has 0 saturated carbocycles. The first-order chi connectivity index (χ1) is 16.6. The quantitative estimate of drug-likeness (QED) is 0.447. The number of morpholine rings is 1. The summed E-state index contributed by atoms with van der Waals surface area (Å²) in [5, 5.41) is 5.41. The summed E-state index contributed by atoms with van der Waals surface area (Å²) in [6.07, 6.45) is 3.02. The Bertz CT molecular complexity index is 1320. The van der Waals surface area contributed by atoms with Crippen molar-refractivity contribution in [2.24, 2.45) is 7.05 Å². The van der Waals surface area contributed by atoms with E-state index in [2.05, 4.69) is 15.1 Å². The number of ether oxygens (including phenoxy) is 3. The fourth-order valence-electron chi connectivity index (χ4n) is 4.00. The predicted molar refractivity (Wildman–Crippen MR) is 127 cm³/mol. The zero-order valence-corrected chi connectivity index (χ0v) is 19.1. The molecule has 1 fully saturated rings. The van der Waals surface area contributed by atoms with Crippen LogP contribution >= 0.6 is 0 Å². The smallest absolute Gasteiger partial charge is 0.415 e. The molecule has 34 heavy (non-hydrogen) atoms. The lowest BCUT2D eigenvalue weighted by molar-refractivity contribution is 0.0413. The summed E-state index contributed by atoms with van der Waals surface area (Å²) in [7, 11) is 1.88. The lowest BCUT2D eigenvalue weighted by atomic mass is 10.0. The maximum atomic E-state index is 12.8. The topological polar surface area (TPSA) is 91.6 Å². The zero-order valence-electron chi connectivity index (χ0n) is 19.1. The highest BCUT2D eigenvalue weighted by atomic mass is 16.6. The van der Waals surface area contributed by atoms with Crippen molar-refractivity contribution in [3.63, 3.8) is 0 Å². The van der Waals surface area contributed by atoms with Crippen molar-refractivity contribution in [1.29, 1.82) is 0 Å². The minimum absolute atomic E-state index is 0.326. The summed E-state index contributed by atoms with van der Waals surface area (Å²) >= 11 is 0. The van der Waals surface area contributed by atoms with Gasteiger partial charge in [0.15, 0.2) is 11.5 Å². The van der Waals surface area contributed by atoms with Crippen LogP contribution in [0.1, 0.15) is 6.92 Å². The second-order valence-corrected chi connectivity index (χ2v) is 7.87. The van der Waals surface area contributed by atoms with E-state index in [1.165, 1.54) is 6.33 Å². The number of hydrogen-bond donors (Lipinski definition) is 0. The third-order valence-corrected chi connectivity index (χ3v) is 5.60. The molecule has 0 aliphatic carbocycles. The molecule has 9 nitrogen and oxygen atoms in total. The molecule has 2 aromatic carbocycles. The first-order valence-electron chi connectivity index (χ1n) is 11.2. The second-order valence-electron chi connectivity index (χ2n) is 7.87. The molecule has 1 saturated heterocycles. The molecule has 1 amide bonds. The fraction of sp³-hybridized carbons (Fsp3) is 0.280. The van der Waals surface area contributed by atoms with Crippen molar-refractivity contribution in [3.05, 3.63) is 55.0 Å². The summed E-state index contributed by atoms with van der Waals surface area (Å²) in [6.45, 7) is 4.26. The number of carbonyl (C=O) groups is 1. The van der Waals surface area contributed by atoms with Crippen LogP contribution in [0.3, 0.4) is 0 Å². The molecule has 0 unspecified atom stereocenters. The van der Waals surface area contributed by atoms with Crippen LogP contribution in [0.25, 0.3) is 33.4 Å². The normalized spacial score (nSPS) is 13.8. The second kappa shape index (κ2) is 9.48. The van der Waals surface area contributed by atoms with Crippen LogP contribution < -0.4 is 9.47 Å². The Kier molecular flexibility index (Phi) is 6.09. The number of rotatable bonds is 5. The number of carbonyl (C=O) groups excluding carboxylic acids is 1. The van der Waals surface area contributed by atoms with Crippen molar-refractivity contribution in [3.8, 4) is 34.0 Å². The summed E-state index contributed by atoms with van der Waals surface area (Å²) in [4.78, 5) is 23.5. The number of amides is 1. The zero-order chi connectivity index (χ0) is 23.5. The summed E-state index contributed by atoms with van der Waals surface area (Å²) in [6, 6.07) is 13.5.